The lowest BCUT2D eigenvalue weighted by Gasteiger charge is -2.11. The quantitative estimate of drug-likeness (QED) is 0.772. The molecule has 1 saturated carbocycles. The van der Waals surface area contributed by atoms with Crippen molar-refractivity contribution in [3.05, 3.63) is 53.0 Å². The maximum atomic E-state index is 13.6. The summed E-state index contributed by atoms with van der Waals surface area (Å²) in [6.07, 6.45) is 4.05. The van der Waals surface area contributed by atoms with Crippen LogP contribution in [0, 0.1) is 6.92 Å². The van der Waals surface area contributed by atoms with Gasteiger partial charge in [0.2, 0.25) is 5.92 Å². The number of hydrogen-bond acceptors (Lipinski definition) is 3. The van der Waals surface area contributed by atoms with E-state index in [0.717, 1.165) is 16.7 Å². The third-order valence-electron chi connectivity index (χ3n) is 4.54. The number of rotatable bonds is 3. The first-order valence-electron chi connectivity index (χ1n) is 8.59. The summed E-state index contributed by atoms with van der Waals surface area (Å²) in [5.41, 5.74) is 3.54. The van der Waals surface area contributed by atoms with Gasteiger partial charge >= 0.3 is 5.97 Å². The van der Waals surface area contributed by atoms with E-state index in [1.807, 2.05) is 31.2 Å². The summed E-state index contributed by atoms with van der Waals surface area (Å²) in [6, 6.07) is 7.53. The molecule has 136 valence electrons. The van der Waals surface area contributed by atoms with Gasteiger partial charge in [0, 0.05) is 18.4 Å². The van der Waals surface area contributed by atoms with Gasteiger partial charge in [0.1, 0.15) is 0 Å². The summed E-state index contributed by atoms with van der Waals surface area (Å²) in [7, 11) is 0. The number of nitrogens with zero attached hydrogens (tertiary/aromatic N) is 2. The van der Waals surface area contributed by atoms with Crippen LogP contribution >= 0.6 is 0 Å². The highest BCUT2D eigenvalue weighted by Crippen LogP contribution is 2.35. The molecule has 0 radical (unpaired) electrons. The predicted octanol–water partition coefficient (Wildman–Crippen LogP) is 5.13. The van der Waals surface area contributed by atoms with Crippen molar-refractivity contribution in [1.82, 2.24) is 9.97 Å². The Labute approximate surface area is 150 Å². The van der Waals surface area contributed by atoms with E-state index in [4.69, 9.17) is 0 Å². The number of aromatic nitrogens is 2. The summed E-state index contributed by atoms with van der Waals surface area (Å²) in [4.78, 5) is 19.7. The van der Waals surface area contributed by atoms with Crippen LogP contribution in [0.1, 0.15) is 53.8 Å². The van der Waals surface area contributed by atoms with Gasteiger partial charge in [-0.3, -0.25) is 4.98 Å². The number of halogens is 2. The number of carboxylic acid groups (broad SMARTS) is 1. The first-order chi connectivity index (χ1) is 12.3. The average molecular weight is 358 g/mol. The molecular formula is C20H20F2N2O2. The molecule has 0 unspecified atom stereocenters. The van der Waals surface area contributed by atoms with E-state index in [0.29, 0.717) is 30.7 Å². The molecule has 26 heavy (non-hydrogen) atoms. The third-order valence-corrected chi connectivity index (χ3v) is 4.54. The number of carbonyl (C=O) groups is 1. The standard InChI is InChI=1S/C20H20F2N2O2/c1-13-4-6-15(7-5-13)18-16(23-12-17(24-18)19(25)26)11-14-3-2-9-20(21,22)10-8-14/h4-7,11-12H,2-3,8-10H2,1H3,(H,25,26)/b14-11-. The second kappa shape index (κ2) is 7.32. The highest BCUT2D eigenvalue weighted by atomic mass is 19.3. The molecule has 0 atom stereocenters. The van der Waals surface area contributed by atoms with Crippen molar-refractivity contribution in [3.63, 3.8) is 0 Å². The van der Waals surface area contributed by atoms with Crippen LogP contribution in [0.5, 0.6) is 0 Å². The van der Waals surface area contributed by atoms with Crippen LogP contribution < -0.4 is 0 Å². The molecule has 1 N–H and O–H groups in total. The van der Waals surface area contributed by atoms with Crippen molar-refractivity contribution in [3.8, 4) is 11.3 Å². The van der Waals surface area contributed by atoms with Crippen LogP contribution in [0.15, 0.2) is 36.0 Å². The van der Waals surface area contributed by atoms with Crippen molar-refractivity contribution in [1.29, 1.82) is 0 Å². The number of alkyl halides is 2. The zero-order chi connectivity index (χ0) is 18.7. The zero-order valence-corrected chi connectivity index (χ0v) is 14.5. The summed E-state index contributed by atoms with van der Waals surface area (Å²) in [5, 5.41) is 9.21. The number of carboxylic acids is 1. The van der Waals surface area contributed by atoms with Gasteiger partial charge in [-0.1, -0.05) is 35.4 Å². The molecule has 4 nitrogen and oxygen atoms in total. The monoisotopic (exact) mass is 358 g/mol. The Balaban J connectivity index is 2.02. The van der Waals surface area contributed by atoms with Crippen molar-refractivity contribution in [2.45, 2.75) is 45.0 Å². The topological polar surface area (TPSA) is 63.1 Å². The van der Waals surface area contributed by atoms with Crippen LogP contribution in [-0.2, 0) is 0 Å². The molecule has 0 amide bonds. The predicted molar refractivity (Wildman–Crippen MR) is 95.2 cm³/mol. The Kier molecular flexibility index (Phi) is 5.11. The van der Waals surface area contributed by atoms with Crippen LogP contribution in [-0.4, -0.2) is 27.0 Å². The lowest BCUT2D eigenvalue weighted by Crippen LogP contribution is -2.13. The summed E-state index contributed by atoms with van der Waals surface area (Å²) < 4.78 is 27.2. The first-order valence-corrected chi connectivity index (χ1v) is 8.59. The maximum absolute atomic E-state index is 13.6. The second-order valence-corrected chi connectivity index (χ2v) is 6.67. The van der Waals surface area contributed by atoms with E-state index in [9.17, 15) is 18.7 Å². The molecule has 1 heterocycles. The van der Waals surface area contributed by atoms with E-state index < -0.39 is 11.9 Å². The van der Waals surface area contributed by atoms with Crippen LogP contribution in [0.2, 0.25) is 0 Å². The molecular weight excluding hydrogens is 338 g/mol. The maximum Gasteiger partial charge on any atom is 0.356 e. The minimum Gasteiger partial charge on any atom is -0.476 e. The van der Waals surface area contributed by atoms with Crippen molar-refractivity contribution in [2.24, 2.45) is 0 Å². The minimum atomic E-state index is -2.62. The average Bonchev–Trinajstić information content (AvgIpc) is 2.76. The number of allylic oxidation sites excluding steroid dienone is 1. The van der Waals surface area contributed by atoms with Crippen LogP contribution in [0.3, 0.4) is 0 Å². The largest absolute Gasteiger partial charge is 0.476 e. The van der Waals surface area contributed by atoms with E-state index in [1.165, 1.54) is 6.20 Å². The Morgan fingerprint density at radius 1 is 1.19 bits per heavy atom. The van der Waals surface area contributed by atoms with Gasteiger partial charge in [-0.05, 0) is 32.3 Å². The van der Waals surface area contributed by atoms with Gasteiger partial charge < -0.3 is 5.11 Å². The van der Waals surface area contributed by atoms with Gasteiger partial charge in [-0.15, -0.1) is 0 Å². The number of hydrogen-bond donors (Lipinski definition) is 1. The molecule has 1 aromatic carbocycles. The fourth-order valence-corrected chi connectivity index (χ4v) is 3.04. The van der Waals surface area contributed by atoms with Gasteiger partial charge in [0.25, 0.3) is 0 Å². The van der Waals surface area contributed by atoms with Crippen molar-refractivity contribution >= 4 is 12.0 Å². The molecule has 1 aliphatic rings. The lowest BCUT2D eigenvalue weighted by molar-refractivity contribution is -0.0131. The Hall–Kier alpha value is -2.63. The number of aromatic carboxylic acids is 1. The third kappa shape index (κ3) is 4.31. The lowest BCUT2D eigenvalue weighted by atomic mass is 10.0. The number of aryl methyl sites for hydroxylation is 1. The van der Waals surface area contributed by atoms with Gasteiger partial charge in [0.05, 0.1) is 17.6 Å². The second-order valence-electron chi connectivity index (χ2n) is 6.67. The molecule has 3 rings (SSSR count). The Bertz CT molecular complexity index is 845. The van der Waals surface area contributed by atoms with E-state index in [-0.39, 0.29) is 18.5 Å². The van der Waals surface area contributed by atoms with Gasteiger partial charge in [-0.25, -0.2) is 18.6 Å². The molecule has 6 heteroatoms. The molecule has 0 aliphatic heterocycles. The number of benzene rings is 1. The van der Waals surface area contributed by atoms with Crippen LogP contribution in [0.4, 0.5) is 8.78 Å². The fraction of sp³-hybridized carbons (Fsp3) is 0.350. The summed E-state index contributed by atoms with van der Waals surface area (Å²) in [5.74, 6) is -3.77. The van der Waals surface area contributed by atoms with Crippen molar-refractivity contribution in [2.75, 3.05) is 0 Å². The normalized spacial score (nSPS) is 18.5. The molecule has 0 saturated heterocycles. The zero-order valence-electron chi connectivity index (χ0n) is 14.5. The summed E-state index contributed by atoms with van der Waals surface area (Å²) >= 11 is 0. The first kappa shape index (κ1) is 18.2. The molecule has 2 aromatic rings. The highest BCUT2D eigenvalue weighted by Gasteiger charge is 2.30. The molecule has 1 fully saturated rings. The molecule has 0 bridgehead atoms. The Morgan fingerprint density at radius 2 is 1.92 bits per heavy atom. The van der Waals surface area contributed by atoms with E-state index >= 15 is 0 Å². The van der Waals surface area contributed by atoms with Gasteiger partial charge in [-0.2, -0.15) is 0 Å². The smallest absolute Gasteiger partial charge is 0.356 e. The Morgan fingerprint density at radius 3 is 2.62 bits per heavy atom. The van der Waals surface area contributed by atoms with Gasteiger partial charge in [0.15, 0.2) is 5.69 Å². The van der Waals surface area contributed by atoms with E-state index in [1.54, 1.807) is 6.08 Å². The van der Waals surface area contributed by atoms with E-state index in [2.05, 4.69) is 9.97 Å². The molecule has 1 aromatic heterocycles. The highest BCUT2D eigenvalue weighted by molar-refractivity contribution is 5.86. The minimum absolute atomic E-state index is 0.0984. The summed E-state index contributed by atoms with van der Waals surface area (Å²) in [6.45, 7) is 1.96. The molecule has 0 spiro atoms. The van der Waals surface area contributed by atoms with Crippen LogP contribution in [0.25, 0.3) is 17.3 Å². The van der Waals surface area contributed by atoms with Crippen molar-refractivity contribution < 1.29 is 18.7 Å². The fourth-order valence-electron chi connectivity index (χ4n) is 3.04. The SMILES string of the molecule is Cc1ccc(-c2nc(C(=O)O)cnc2/C=C2/CCCC(F)(F)CC2)cc1. The molecule has 1 aliphatic carbocycles.